The molecule has 1 heterocycles. The Hall–Kier alpha value is -0.610. The van der Waals surface area contributed by atoms with Crippen molar-refractivity contribution in [2.45, 2.75) is 32.6 Å². The van der Waals surface area contributed by atoms with Crippen molar-refractivity contribution >= 4 is 5.97 Å². The van der Waals surface area contributed by atoms with Crippen LogP contribution in [0.1, 0.15) is 32.6 Å². The van der Waals surface area contributed by atoms with Crippen LogP contribution in [0.25, 0.3) is 0 Å². The van der Waals surface area contributed by atoms with E-state index < -0.39 is 5.97 Å². The fourth-order valence-corrected chi connectivity index (χ4v) is 2.90. The number of carboxylic acid groups (broad SMARTS) is 1. The van der Waals surface area contributed by atoms with Crippen LogP contribution in [0.5, 0.6) is 0 Å². The summed E-state index contributed by atoms with van der Waals surface area (Å²) in [5, 5.41) is 8.74. The number of likely N-dealkylation sites (tertiary alicyclic amines) is 1. The highest BCUT2D eigenvalue weighted by molar-refractivity contribution is 5.66. The molecule has 1 rings (SSSR count). The number of hydrogen-bond acceptors (Lipinski definition) is 3. The van der Waals surface area contributed by atoms with Crippen LogP contribution in [-0.2, 0) is 4.79 Å². The lowest BCUT2D eigenvalue weighted by molar-refractivity contribution is -0.138. The zero-order chi connectivity index (χ0) is 13.5. The van der Waals surface area contributed by atoms with Gasteiger partial charge in [-0.3, -0.25) is 4.79 Å². The molecule has 1 aliphatic rings. The van der Waals surface area contributed by atoms with Crippen molar-refractivity contribution in [1.29, 1.82) is 0 Å². The molecule has 0 amide bonds. The molecule has 0 aliphatic carbocycles. The second-order valence-electron chi connectivity index (χ2n) is 6.02. The quantitative estimate of drug-likeness (QED) is 0.754. The fourth-order valence-electron chi connectivity index (χ4n) is 2.90. The van der Waals surface area contributed by atoms with Gasteiger partial charge in [0.1, 0.15) is 0 Å². The van der Waals surface area contributed by atoms with Crippen LogP contribution in [0.3, 0.4) is 0 Å². The molecule has 2 atom stereocenters. The van der Waals surface area contributed by atoms with E-state index in [2.05, 4.69) is 23.9 Å². The van der Waals surface area contributed by atoms with Gasteiger partial charge in [0.15, 0.2) is 0 Å². The Labute approximate surface area is 111 Å². The minimum atomic E-state index is -0.690. The van der Waals surface area contributed by atoms with E-state index >= 15 is 0 Å². The molecule has 18 heavy (non-hydrogen) atoms. The van der Waals surface area contributed by atoms with Crippen LogP contribution in [0.2, 0.25) is 0 Å². The Balaban J connectivity index is 2.15. The van der Waals surface area contributed by atoms with Crippen molar-refractivity contribution < 1.29 is 9.90 Å². The van der Waals surface area contributed by atoms with Gasteiger partial charge < -0.3 is 14.9 Å². The smallest absolute Gasteiger partial charge is 0.303 e. The van der Waals surface area contributed by atoms with E-state index in [0.29, 0.717) is 0 Å². The summed E-state index contributed by atoms with van der Waals surface area (Å²) in [7, 11) is 4.30. The van der Waals surface area contributed by atoms with E-state index in [1.165, 1.54) is 32.4 Å². The van der Waals surface area contributed by atoms with Crippen molar-refractivity contribution in [3.63, 3.8) is 0 Å². The van der Waals surface area contributed by atoms with Gasteiger partial charge in [-0.25, -0.2) is 0 Å². The maximum atomic E-state index is 10.6. The molecule has 0 saturated carbocycles. The van der Waals surface area contributed by atoms with Crippen molar-refractivity contribution in [3.05, 3.63) is 0 Å². The van der Waals surface area contributed by atoms with Crippen molar-refractivity contribution in [3.8, 4) is 0 Å². The zero-order valence-corrected chi connectivity index (χ0v) is 12.1. The third-order valence-corrected chi connectivity index (χ3v) is 3.79. The van der Waals surface area contributed by atoms with E-state index in [-0.39, 0.29) is 12.3 Å². The Bertz CT molecular complexity index is 258. The summed E-state index contributed by atoms with van der Waals surface area (Å²) in [5.74, 6) is 0.368. The monoisotopic (exact) mass is 256 g/mol. The van der Waals surface area contributed by atoms with Crippen LogP contribution in [0, 0.1) is 11.8 Å². The number of aliphatic carboxylic acids is 1. The number of carbonyl (C=O) groups is 1. The number of piperidine rings is 1. The first-order valence-electron chi connectivity index (χ1n) is 7.06. The van der Waals surface area contributed by atoms with Gasteiger partial charge in [0.05, 0.1) is 0 Å². The lowest BCUT2D eigenvalue weighted by Crippen LogP contribution is -2.34. The summed E-state index contributed by atoms with van der Waals surface area (Å²) in [6.45, 7) is 6.44. The second-order valence-corrected chi connectivity index (χ2v) is 6.02. The van der Waals surface area contributed by atoms with Gasteiger partial charge in [-0.15, -0.1) is 0 Å². The lowest BCUT2D eigenvalue weighted by Gasteiger charge is -2.31. The molecule has 2 unspecified atom stereocenters. The van der Waals surface area contributed by atoms with Crippen LogP contribution < -0.4 is 0 Å². The van der Waals surface area contributed by atoms with Crippen molar-refractivity contribution in [2.75, 3.05) is 40.3 Å². The summed E-state index contributed by atoms with van der Waals surface area (Å²) in [4.78, 5) is 15.3. The maximum absolute atomic E-state index is 10.6. The first-order valence-corrected chi connectivity index (χ1v) is 7.06. The minimum Gasteiger partial charge on any atom is -0.481 e. The van der Waals surface area contributed by atoms with Crippen LogP contribution >= 0.6 is 0 Å². The summed E-state index contributed by atoms with van der Waals surface area (Å²) >= 11 is 0. The van der Waals surface area contributed by atoms with Gasteiger partial charge >= 0.3 is 5.97 Å². The maximum Gasteiger partial charge on any atom is 0.303 e. The first-order chi connectivity index (χ1) is 8.47. The number of carboxylic acids is 1. The molecule has 0 spiro atoms. The van der Waals surface area contributed by atoms with E-state index in [0.717, 1.165) is 19.0 Å². The summed E-state index contributed by atoms with van der Waals surface area (Å²) in [6.07, 6.45) is 4.18. The molecular weight excluding hydrogens is 228 g/mol. The van der Waals surface area contributed by atoms with E-state index in [9.17, 15) is 4.79 Å². The minimum absolute atomic E-state index is 0.238. The normalized spacial score (nSPS) is 23.2. The molecule has 0 radical (unpaired) electrons. The Morgan fingerprint density at radius 2 is 2.28 bits per heavy atom. The predicted octanol–water partition coefficient (Wildman–Crippen LogP) is 1.76. The van der Waals surface area contributed by atoms with Gasteiger partial charge in [-0.1, -0.05) is 6.92 Å². The zero-order valence-electron chi connectivity index (χ0n) is 12.1. The van der Waals surface area contributed by atoms with E-state index in [4.69, 9.17) is 5.11 Å². The molecule has 1 aliphatic heterocycles. The number of nitrogens with zero attached hydrogens (tertiary/aromatic N) is 2. The summed E-state index contributed by atoms with van der Waals surface area (Å²) in [6, 6.07) is 0. The molecule has 1 fully saturated rings. The predicted molar refractivity (Wildman–Crippen MR) is 73.8 cm³/mol. The Kier molecular flexibility index (Phi) is 6.65. The van der Waals surface area contributed by atoms with E-state index in [1.54, 1.807) is 0 Å². The Morgan fingerprint density at radius 1 is 1.56 bits per heavy atom. The highest BCUT2D eigenvalue weighted by Crippen LogP contribution is 2.18. The highest BCUT2D eigenvalue weighted by Gasteiger charge is 2.18. The molecule has 0 aromatic carbocycles. The molecule has 0 bridgehead atoms. The van der Waals surface area contributed by atoms with Crippen LogP contribution in [0.4, 0.5) is 0 Å². The summed E-state index contributed by atoms with van der Waals surface area (Å²) < 4.78 is 0. The van der Waals surface area contributed by atoms with Gasteiger partial charge in [-0.2, -0.15) is 0 Å². The average Bonchev–Trinajstić information content (AvgIpc) is 2.25. The number of hydrogen-bond donors (Lipinski definition) is 1. The first kappa shape index (κ1) is 15.4. The molecule has 1 saturated heterocycles. The third-order valence-electron chi connectivity index (χ3n) is 3.79. The molecule has 1 N–H and O–H groups in total. The van der Waals surface area contributed by atoms with Gasteiger partial charge in [0.2, 0.25) is 0 Å². The average molecular weight is 256 g/mol. The van der Waals surface area contributed by atoms with Crippen molar-refractivity contribution in [2.24, 2.45) is 11.8 Å². The molecule has 0 aromatic rings. The largest absolute Gasteiger partial charge is 0.481 e. The van der Waals surface area contributed by atoms with Gasteiger partial charge in [0, 0.05) is 19.5 Å². The molecule has 0 aromatic heterocycles. The van der Waals surface area contributed by atoms with Gasteiger partial charge in [0.25, 0.3) is 0 Å². The van der Waals surface area contributed by atoms with Crippen LogP contribution in [-0.4, -0.2) is 61.2 Å². The SMILES string of the molecule is CC(CC(=O)O)CN(C)CCC1CCCN(C)C1. The fraction of sp³-hybridized carbons (Fsp3) is 0.929. The second kappa shape index (κ2) is 7.74. The summed E-state index contributed by atoms with van der Waals surface area (Å²) in [5.41, 5.74) is 0. The Morgan fingerprint density at radius 3 is 2.89 bits per heavy atom. The lowest BCUT2D eigenvalue weighted by atomic mass is 9.95. The molecule has 4 nitrogen and oxygen atoms in total. The van der Waals surface area contributed by atoms with E-state index in [1.807, 2.05) is 6.92 Å². The van der Waals surface area contributed by atoms with Crippen molar-refractivity contribution in [1.82, 2.24) is 9.80 Å². The number of rotatable bonds is 7. The third kappa shape index (κ3) is 6.36. The van der Waals surface area contributed by atoms with Gasteiger partial charge in [-0.05, 0) is 58.3 Å². The standard InChI is InChI=1S/C14H28N2O2/c1-12(9-14(17)18)10-16(3)8-6-13-5-4-7-15(2)11-13/h12-13H,4-11H2,1-3H3,(H,17,18). The highest BCUT2D eigenvalue weighted by atomic mass is 16.4. The molecule has 4 heteroatoms. The molecule has 106 valence electrons. The molecular formula is C14H28N2O2. The topological polar surface area (TPSA) is 43.8 Å². The van der Waals surface area contributed by atoms with Crippen LogP contribution in [0.15, 0.2) is 0 Å².